The maximum atomic E-state index is 12.2. The van der Waals surface area contributed by atoms with Gasteiger partial charge < -0.3 is 9.47 Å². The third-order valence-corrected chi connectivity index (χ3v) is 4.95. The molecule has 0 saturated carbocycles. The number of nitrogens with one attached hydrogen (secondary N) is 2. The van der Waals surface area contributed by atoms with Crippen molar-refractivity contribution in [2.75, 3.05) is 13.2 Å². The number of benzene rings is 1. The van der Waals surface area contributed by atoms with Crippen LogP contribution < -0.4 is 20.3 Å². The Morgan fingerprint density at radius 2 is 1.80 bits per heavy atom. The van der Waals surface area contributed by atoms with Gasteiger partial charge in [0.1, 0.15) is 13.2 Å². The predicted molar refractivity (Wildman–Crippen MR) is 95.4 cm³/mol. The number of ether oxygens (including phenoxy) is 2. The Kier molecular flexibility index (Phi) is 5.23. The summed E-state index contributed by atoms with van der Waals surface area (Å²) in [4.78, 5) is 26.2. The highest BCUT2D eigenvalue weighted by molar-refractivity contribution is 7.14. The molecule has 7 heteroatoms. The smallest absolute Gasteiger partial charge is 0.279 e. The summed E-state index contributed by atoms with van der Waals surface area (Å²) in [5, 5.41) is 0. The fourth-order valence-corrected chi connectivity index (χ4v) is 3.55. The lowest BCUT2D eigenvalue weighted by Gasteiger charge is -2.18. The molecule has 2 heterocycles. The Morgan fingerprint density at radius 3 is 2.56 bits per heavy atom. The van der Waals surface area contributed by atoms with E-state index in [0.29, 0.717) is 35.2 Å². The molecular weight excluding hydrogens is 340 g/mol. The summed E-state index contributed by atoms with van der Waals surface area (Å²) in [5.41, 5.74) is 6.46. The van der Waals surface area contributed by atoms with Crippen molar-refractivity contribution in [3.05, 3.63) is 45.1 Å². The molecule has 1 aliphatic heterocycles. The largest absolute Gasteiger partial charge is 0.486 e. The molecule has 0 radical (unpaired) electrons. The third kappa shape index (κ3) is 3.93. The van der Waals surface area contributed by atoms with E-state index in [4.69, 9.17) is 9.47 Å². The van der Waals surface area contributed by atoms with E-state index < -0.39 is 5.91 Å². The van der Waals surface area contributed by atoms with E-state index >= 15 is 0 Å². The fraction of sp³-hybridized carbons (Fsp3) is 0.333. The minimum Gasteiger partial charge on any atom is -0.486 e. The first-order valence-electron chi connectivity index (χ1n) is 8.18. The van der Waals surface area contributed by atoms with Crippen LogP contribution in [0.25, 0.3) is 0 Å². The van der Waals surface area contributed by atoms with E-state index in [0.717, 1.165) is 17.7 Å². The minimum absolute atomic E-state index is 0.318. The fourth-order valence-electron chi connectivity index (χ4n) is 2.58. The highest BCUT2D eigenvalue weighted by Crippen LogP contribution is 2.30. The third-order valence-electron chi connectivity index (χ3n) is 3.86. The molecule has 3 rings (SSSR count). The monoisotopic (exact) mass is 360 g/mol. The van der Waals surface area contributed by atoms with Crippen LogP contribution in [0.3, 0.4) is 0 Å². The Labute approximate surface area is 150 Å². The van der Waals surface area contributed by atoms with E-state index in [1.54, 1.807) is 18.2 Å². The van der Waals surface area contributed by atoms with Crippen molar-refractivity contribution in [2.24, 2.45) is 0 Å². The lowest BCUT2D eigenvalue weighted by Crippen LogP contribution is -2.41. The molecule has 0 fully saturated rings. The molecule has 0 bridgehead atoms. The summed E-state index contributed by atoms with van der Waals surface area (Å²) >= 11 is 1.43. The molecule has 2 N–H and O–H groups in total. The first-order valence-corrected chi connectivity index (χ1v) is 8.99. The second kappa shape index (κ2) is 7.57. The maximum absolute atomic E-state index is 12.2. The highest BCUT2D eigenvalue weighted by Gasteiger charge is 2.16. The van der Waals surface area contributed by atoms with Crippen LogP contribution in [-0.4, -0.2) is 25.0 Å². The van der Waals surface area contributed by atoms with Crippen molar-refractivity contribution in [1.29, 1.82) is 0 Å². The van der Waals surface area contributed by atoms with Crippen LogP contribution in [0, 0.1) is 6.92 Å². The van der Waals surface area contributed by atoms with Gasteiger partial charge in [-0.1, -0.05) is 13.3 Å². The number of thiophene rings is 1. The van der Waals surface area contributed by atoms with Crippen LogP contribution in [0.2, 0.25) is 0 Å². The van der Waals surface area contributed by atoms with Crippen molar-refractivity contribution in [3.63, 3.8) is 0 Å². The number of carbonyl (C=O) groups excluding carboxylic acids is 2. The molecule has 2 aromatic rings. The van der Waals surface area contributed by atoms with Gasteiger partial charge >= 0.3 is 0 Å². The number of hydrogen-bond donors (Lipinski definition) is 2. The molecule has 1 aromatic heterocycles. The summed E-state index contributed by atoms with van der Waals surface area (Å²) < 4.78 is 10.9. The molecule has 2 amide bonds. The van der Waals surface area contributed by atoms with E-state index in [1.165, 1.54) is 16.9 Å². The van der Waals surface area contributed by atoms with Crippen molar-refractivity contribution in [2.45, 2.75) is 26.7 Å². The Balaban J connectivity index is 1.62. The molecule has 0 atom stereocenters. The second-order valence-electron chi connectivity index (χ2n) is 5.71. The Morgan fingerprint density at radius 1 is 1.08 bits per heavy atom. The molecule has 132 valence electrons. The van der Waals surface area contributed by atoms with Crippen molar-refractivity contribution in [1.82, 2.24) is 10.9 Å². The lowest BCUT2D eigenvalue weighted by atomic mass is 10.1. The van der Waals surface area contributed by atoms with Gasteiger partial charge in [0, 0.05) is 10.4 Å². The van der Waals surface area contributed by atoms with E-state index in [2.05, 4.69) is 17.8 Å². The zero-order valence-corrected chi connectivity index (χ0v) is 15.0. The van der Waals surface area contributed by atoms with Gasteiger partial charge in [0.25, 0.3) is 11.8 Å². The van der Waals surface area contributed by atoms with Gasteiger partial charge in [-0.05, 0) is 43.2 Å². The van der Waals surface area contributed by atoms with Crippen molar-refractivity contribution in [3.8, 4) is 11.5 Å². The quantitative estimate of drug-likeness (QED) is 0.822. The number of carbonyl (C=O) groups is 2. The maximum Gasteiger partial charge on any atom is 0.279 e. The van der Waals surface area contributed by atoms with Gasteiger partial charge in [0.05, 0.1) is 4.88 Å². The van der Waals surface area contributed by atoms with E-state index in [-0.39, 0.29) is 5.91 Å². The van der Waals surface area contributed by atoms with Gasteiger partial charge in [-0.15, -0.1) is 11.3 Å². The summed E-state index contributed by atoms with van der Waals surface area (Å²) in [6.45, 7) is 5.05. The molecule has 1 aliphatic rings. The van der Waals surface area contributed by atoms with Gasteiger partial charge in [-0.2, -0.15) is 0 Å². The number of amides is 2. The average Bonchev–Trinajstić information content (AvgIpc) is 3.00. The highest BCUT2D eigenvalue weighted by atomic mass is 32.1. The van der Waals surface area contributed by atoms with Crippen LogP contribution in [-0.2, 0) is 6.42 Å². The molecule has 0 unspecified atom stereocenters. The molecule has 6 nitrogen and oxygen atoms in total. The number of aryl methyl sites for hydroxylation is 2. The van der Waals surface area contributed by atoms with E-state index in [1.807, 2.05) is 13.0 Å². The number of rotatable bonds is 4. The summed E-state index contributed by atoms with van der Waals surface area (Å²) in [5.74, 6) is 0.418. The number of hydrazine groups is 1. The van der Waals surface area contributed by atoms with Crippen LogP contribution >= 0.6 is 11.3 Å². The average molecular weight is 360 g/mol. The molecular formula is C18H20N2O4S. The molecule has 1 aromatic carbocycles. The summed E-state index contributed by atoms with van der Waals surface area (Å²) in [7, 11) is 0. The van der Waals surface area contributed by atoms with Crippen LogP contribution in [0.1, 0.15) is 43.8 Å². The molecule has 0 aliphatic carbocycles. The molecule has 25 heavy (non-hydrogen) atoms. The minimum atomic E-state index is -0.410. The van der Waals surface area contributed by atoms with Crippen molar-refractivity contribution >= 4 is 23.2 Å². The Hall–Kier alpha value is -2.54. The second-order valence-corrected chi connectivity index (χ2v) is 6.97. The lowest BCUT2D eigenvalue weighted by molar-refractivity contribution is 0.0848. The predicted octanol–water partition coefficient (Wildman–Crippen LogP) is 2.86. The van der Waals surface area contributed by atoms with Gasteiger partial charge in [0.15, 0.2) is 11.5 Å². The summed E-state index contributed by atoms with van der Waals surface area (Å²) in [6.07, 6.45) is 1.97. The van der Waals surface area contributed by atoms with Crippen LogP contribution in [0.4, 0.5) is 0 Å². The van der Waals surface area contributed by atoms with Gasteiger partial charge in [-0.3, -0.25) is 20.4 Å². The van der Waals surface area contributed by atoms with Gasteiger partial charge in [-0.25, -0.2) is 0 Å². The van der Waals surface area contributed by atoms with Gasteiger partial charge in [0.2, 0.25) is 0 Å². The van der Waals surface area contributed by atoms with E-state index in [9.17, 15) is 9.59 Å². The first kappa shape index (κ1) is 17.3. The Bertz CT molecular complexity index is 800. The topological polar surface area (TPSA) is 76.7 Å². The zero-order valence-electron chi connectivity index (χ0n) is 14.2. The standard InChI is InChI=1S/C18H20N2O4S/c1-3-4-12-10-16(25-11(12)2)18(22)20-19-17(21)13-5-6-14-15(9-13)24-8-7-23-14/h5-6,9-10H,3-4,7-8H2,1-2H3,(H,19,21)(H,20,22). The number of hydrogen-bond acceptors (Lipinski definition) is 5. The molecule has 0 saturated heterocycles. The van der Waals surface area contributed by atoms with Crippen LogP contribution in [0.5, 0.6) is 11.5 Å². The van der Waals surface area contributed by atoms with Crippen molar-refractivity contribution < 1.29 is 19.1 Å². The first-order chi connectivity index (χ1) is 12.1. The normalized spacial score (nSPS) is 12.6. The molecule has 0 spiro atoms. The zero-order chi connectivity index (χ0) is 17.8. The SMILES string of the molecule is CCCc1cc(C(=O)NNC(=O)c2ccc3c(c2)OCCO3)sc1C. The summed E-state index contributed by atoms with van der Waals surface area (Å²) in [6, 6.07) is 6.80. The number of fused-ring (bicyclic) bond motifs is 1. The van der Waals surface area contributed by atoms with Crippen LogP contribution in [0.15, 0.2) is 24.3 Å².